The standard InChI is InChI=1S/C36H39F3N6O4/c1-3-48-35-41-32(47-2)28(33(42-35)49-24-36(37,38)39)22-43-20-27-21-44(34(46)29-16-10-11-17-40-29)18-19-45(27)30(23-43)31(25-12-6-4-7-13-25)26-14-8-5-9-15-26/h4-17,27,30-31H,3,18-24H2,1-2H3/t27-,30+/m1/s1. The van der Waals surface area contributed by atoms with Gasteiger partial charge < -0.3 is 19.1 Å². The number of methoxy groups -OCH3 is 1. The van der Waals surface area contributed by atoms with Crippen LogP contribution in [0.4, 0.5) is 13.2 Å². The zero-order chi connectivity index (χ0) is 34.4. The first-order valence-corrected chi connectivity index (χ1v) is 16.3. The number of benzene rings is 2. The van der Waals surface area contributed by atoms with Gasteiger partial charge in [0, 0.05) is 63.5 Å². The lowest BCUT2D eigenvalue weighted by Crippen LogP contribution is -2.67. The van der Waals surface area contributed by atoms with Crippen molar-refractivity contribution in [1.29, 1.82) is 0 Å². The van der Waals surface area contributed by atoms with Gasteiger partial charge in [-0.05, 0) is 30.2 Å². The third kappa shape index (κ3) is 8.11. The lowest BCUT2D eigenvalue weighted by atomic mass is 9.81. The Morgan fingerprint density at radius 2 is 1.55 bits per heavy atom. The number of hydrogen-bond donors (Lipinski definition) is 0. The molecule has 0 saturated carbocycles. The molecule has 4 aromatic rings. The van der Waals surface area contributed by atoms with E-state index in [0.717, 1.165) is 11.1 Å². The van der Waals surface area contributed by atoms with Gasteiger partial charge in [-0.25, -0.2) is 0 Å². The van der Waals surface area contributed by atoms with Crippen molar-refractivity contribution < 1.29 is 32.2 Å². The minimum atomic E-state index is -4.58. The highest BCUT2D eigenvalue weighted by Gasteiger charge is 2.44. The first-order chi connectivity index (χ1) is 23.7. The van der Waals surface area contributed by atoms with Gasteiger partial charge in [-0.3, -0.25) is 19.6 Å². The highest BCUT2D eigenvalue weighted by molar-refractivity contribution is 5.92. The van der Waals surface area contributed by atoms with Crippen molar-refractivity contribution in [2.45, 2.75) is 37.6 Å². The second kappa shape index (κ2) is 15.2. The molecule has 1 amide bonds. The van der Waals surface area contributed by atoms with Crippen LogP contribution in [0.5, 0.6) is 17.8 Å². The lowest BCUT2D eigenvalue weighted by molar-refractivity contribution is -0.154. The molecule has 2 aliphatic heterocycles. The van der Waals surface area contributed by atoms with Crippen LogP contribution < -0.4 is 14.2 Å². The van der Waals surface area contributed by atoms with Crippen LogP contribution in [0.2, 0.25) is 0 Å². The number of ether oxygens (including phenoxy) is 3. The van der Waals surface area contributed by atoms with E-state index in [9.17, 15) is 18.0 Å². The molecule has 258 valence electrons. The summed E-state index contributed by atoms with van der Waals surface area (Å²) in [6, 6.07) is 25.6. The molecule has 2 aliphatic rings. The molecule has 0 spiro atoms. The number of carbonyl (C=O) groups excluding carboxylic acids is 1. The molecule has 2 aromatic carbocycles. The van der Waals surface area contributed by atoms with Gasteiger partial charge in [0.15, 0.2) is 6.61 Å². The second-order valence-corrected chi connectivity index (χ2v) is 12.1. The summed E-state index contributed by atoms with van der Waals surface area (Å²) in [5.41, 5.74) is 2.95. The Labute approximate surface area is 283 Å². The fourth-order valence-corrected chi connectivity index (χ4v) is 6.85. The number of piperazine rings is 2. The number of alkyl halides is 3. The Hall–Kier alpha value is -4.75. The number of aromatic nitrogens is 3. The summed E-state index contributed by atoms with van der Waals surface area (Å²) in [4.78, 5) is 32.9. The predicted molar refractivity (Wildman–Crippen MR) is 176 cm³/mol. The van der Waals surface area contributed by atoms with Crippen LogP contribution in [0.25, 0.3) is 0 Å². The van der Waals surface area contributed by atoms with Crippen LogP contribution in [-0.4, -0.2) is 107 Å². The van der Waals surface area contributed by atoms with E-state index in [2.05, 4.69) is 49.0 Å². The third-order valence-electron chi connectivity index (χ3n) is 8.87. The maximum Gasteiger partial charge on any atom is 0.422 e. The number of amides is 1. The summed E-state index contributed by atoms with van der Waals surface area (Å²) in [7, 11) is 1.40. The van der Waals surface area contributed by atoms with Crippen LogP contribution >= 0.6 is 0 Å². The first kappa shape index (κ1) is 34.1. The van der Waals surface area contributed by atoms with Crippen molar-refractivity contribution in [2.75, 3.05) is 53.0 Å². The molecule has 2 aromatic heterocycles. The molecular formula is C36H39F3N6O4. The molecular weight excluding hydrogens is 637 g/mol. The lowest BCUT2D eigenvalue weighted by Gasteiger charge is -2.53. The maximum atomic E-state index is 13.5. The van der Waals surface area contributed by atoms with E-state index in [1.54, 1.807) is 31.3 Å². The minimum Gasteiger partial charge on any atom is -0.481 e. The van der Waals surface area contributed by atoms with E-state index in [1.165, 1.54) is 7.11 Å². The highest BCUT2D eigenvalue weighted by atomic mass is 19.4. The fraction of sp³-hybridized carbons (Fsp3) is 0.389. The average Bonchev–Trinajstić information content (AvgIpc) is 3.12. The summed E-state index contributed by atoms with van der Waals surface area (Å²) < 4.78 is 56.3. The number of halogens is 3. The predicted octanol–water partition coefficient (Wildman–Crippen LogP) is 5.06. The molecule has 13 heteroatoms. The van der Waals surface area contributed by atoms with Crippen LogP contribution in [0.1, 0.15) is 40.0 Å². The molecule has 10 nitrogen and oxygen atoms in total. The van der Waals surface area contributed by atoms with Gasteiger partial charge in [0.2, 0.25) is 11.8 Å². The van der Waals surface area contributed by atoms with E-state index in [4.69, 9.17) is 14.2 Å². The Morgan fingerprint density at radius 1 is 0.878 bits per heavy atom. The molecule has 2 atom stereocenters. The van der Waals surface area contributed by atoms with E-state index >= 15 is 0 Å². The average molecular weight is 677 g/mol. The minimum absolute atomic E-state index is 0.0369. The molecule has 6 rings (SSSR count). The van der Waals surface area contributed by atoms with Crippen LogP contribution in [-0.2, 0) is 6.54 Å². The van der Waals surface area contributed by atoms with Crippen LogP contribution in [0.3, 0.4) is 0 Å². The Balaban J connectivity index is 1.38. The molecule has 0 aliphatic carbocycles. The number of fused-ring (bicyclic) bond motifs is 1. The summed E-state index contributed by atoms with van der Waals surface area (Å²) in [6.07, 6.45) is -2.97. The Morgan fingerprint density at radius 3 is 2.16 bits per heavy atom. The van der Waals surface area contributed by atoms with E-state index in [0.29, 0.717) is 38.4 Å². The van der Waals surface area contributed by atoms with Crippen LogP contribution in [0, 0.1) is 0 Å². The molecule has 0 N–H and O–H groups in total. The van der Waals surface area contributed by atoms with Crippen molar-refractivity contribution in [2.24, 2.45) is 0 Å². The van der Waals surface area contributed by atoms with Gasteiger partial charge in [0.05, 0.1) is 19.3 Å². The normalized spacial score (nSPS) is 18.6. The van der Waals surface area contributed by atoms with Crippen molar-refractivity contribution in [3.05, 3.63) is 107 Å². The number of carbonyl (C=O) groups is 1. The molecule has 0 bridgehead atoms. The topological polar surface area (TPSA) is 93.2 Å². The summed E-state index contributed by atoms with van der Waals surface area (Å²) in [5, 5.41) is 0. The quantitative estimate of drug-likeness (QED) is 0.216. The number of nitrogens with zero attached hydrogens (tertiary/aromatic N) is 6. The summed E-state index contributed by atoms with van der Waals surface area (Å²) >= 11 is 0. The zero-order valence-electron chi connectivity index (χ0n) is 27.4. The molecule has 2 saturated heterocycles. The first-order valence-electron chi connectivity index (χ1n) is 16.3. The molecule has 0 radical (unpaired) electrons. The number of pyridine rings is 1. The van der Waals surface area contributed by atoms with Crippen molar-refractivity contribution in [3.63, 3.8) is 0 Å². The number of hydrogen-bond acceptors (Lipinski definition) is 9. The van der Waals surface area contributed by atoms with Gasteiger partial charge in [0.25, 0.3) is 5.91 Å². The molecule has 4 heterocycles. The Kier molecular flexibility index (Phi) is 10.6. The van der Waals surface area contributed by atoms with Crippen molar-refractivity contribution >= 4 is 5.91 Å². The van der Waals surface area contributed by atoms with Gasteiger partial charge in [-0.2, -0.15) is 23.1 Å². The molecule has 49 heavy (non-hydrogen) atoms. The van der Waals surface area contributed by atoms with E-state index in [1.807, 2.05) is 41.3 Å². The maximum absolute atomic E-state index is 13.5. The van der Waals surface area contributed by atoms with Gasteiger partial charge >= 0.3 is 12.2 Å². The SMILES string of the molecule is CCOc1nc(OC)c(CN2C[C@@H]3CN(C(=O)c4ccccn4)CCN3[C@H](C(c3ccccc3)c3ccccc3)C2)c(OCC(F)(F)F)n1. The summed E-state index contributed by atoms with van der Waals surface area (Å²) in [6.45, 7) is 3.27. The van der Waals surface area contributed by atoms with Gasteiger partial charge in [-0.1, -0.05) is 66.7 Å². The van der Waals surface area contributed by atoms with E-state index < -0.39 is 12.8 Å². The third-order valence-corrected chi connectivity index (χ3v) is 8.87. The van der Waals surface area contributed by atoms with Crippen molar-refractivity contribution in [3.8, 4) is 17.8 Å². The number of rotatable bonds is 11. The molecule has 0 unspecified atom stereocenters. The monoisotopic (exact) mass is 676 g/mol. The fourth-order valence-electron chi connectivity index (χ4n) is 6.85. The van der Waals surface area contributed by atoms with Crippen molar-refractivity contribution in [1.82, 2.24) is 29.7 Å². The molecule has 2 fully saturated rings. The van der Waals surface area contributed by atoms with Gasteiger partial charge in [-0.15, -0.1) is 0 Å². The smallest absolute Gasteiger partial charge is 0.422 e. The highest BCUT2D eigenvalue weighted by Crippen LogP contribution is 2.38. The largest absolute Gasteiger partial charge is 0.481 e. The van der Waals surface area contributed by atoms with E-state index in [-0.39, 0.29) is 60.4 Å². The zero-order valence-corrected chi connectivity index (χ0v) is 27.4. The van der Waals surface area contributed by atoms with Gasteiger partial charge in [0.1, 0.15) is 5.69 Å². The Bertz CT molecular complexity index is 1640. The second-order valence-electron chi connectivity index (χ2n) is 12.1. The summed E-state index contributed by atoms with van der Waals surface area (Å²) in [5.74, 6) is -0.344. The van der Waals surface area contributed by atoms with Crippen LogP contribution in [0.15, 0.2) is 85.1 Å².